The van der Waals surface area contributed by atoms with E-state index in [2.05, 4.69) is 69.3 Å². The highest BCUT2D eigenvalue weighted by atomic mass is 35.5. The van der Waals surface area contributed by atoms with Gasteiger partial charge in [0.2, 0.25) is 5.28 Å². The molecule has 0 atom stereocenters. The predicted octanol–water partition coefficient (Wildman–Crippen LogP) is 6.64. The van der Waals surface area contributed by atoms with Crippen LogP contribution in [0.5, 0.6) is 0 Å². The number of halogens is 1. The van der Waals surface area contributed by atoms with Gasteiger partial charge in [0.15, 0.2) is 0 Å². The topological polar surface area (TPSA) is 30.7 Å². The first-order chi connectivity index (χ1) is 11.3. The molecule has 1 aromatic carbocycles. The molecule has 0 saturated carbocycles. The summed E-state index contributed by atoms with van der Waals surface area (Å²) in [7, 11) is 0. The van der Waals surface area contributed by atoms with E-state index in [9.17, 15) is 0 Å². The van der Waals surface area contributed by atoms with Gasteiger partial charge in [-0.15, -0.1) is 11.3 Å². The number of imidazole rings is 1. The van der Waals surface area contributed by atoms with Crippen molar-refractivity contribution in [3.8, 4) is 10.6 Å². The average molecular weight is 362 g/mol. The Morgan fingerprint density at radius 3 is 2.25 bits per heavy atom. The average Bonchev–Trinajstić information content (AvgIpc) is 3.06. The quantitative estimate of drug-likeness (QED) is 0.521. The van der Waals surface area contributed by atoms with Crippen LogP contribution < -0.4 is 0 Å². The van der Waals surface area contributed by atoms with E-state index >= 15 is 0 Å². The zero-order valence-electron chi connectivity index (χ0n) is 15.1. The Kier molecular flexibility index (Phi) is 4.71. The van der Waals surface area contributed by atoms with Gasteiger partial charge < -0.3 is 4.57 Å². The minimum Gasteiger partial charge on any atom is -0.312 e. The molecule has 5 heteroatoms. The lowest BCUT2D eigenvalue weighted by Crippen LogP contribution is -2.00. The monoisotopic (exact) mass is 361 g/mol. The smallest absolute Gasteiger partial charge is 0.204 e. The molecule has 0 aliphatic carbocycles. The second-order valence-electron chi connectivity index (χ2n) is 7.10. The molecule has 0 N–H and O–H groups in total. The lowest BCUT2D eigenvalue weighted by molar-refractivity contribution is 0.618. The maximum absolute atomic E-state index is 6.39. The first-order valence-electron chi connectivity index (χ1n) is 8.48. The van der Waals surface area contributed by atoms with Crippen LogP contribution in [0.1, 0.15) is 70.0 Å². The summed E-state index contributed by atoms with van der Waals surface area (Å²) in [6.45, 7) is 13.1. The molecular formula is C19H24ClN3S. The molecule has 0 saturated heterocycles. The number of rotatable bonds is 4. The SMILES string of the molecule is CC(C)c1nc(-c2cccc3c2nc(Cl)n3C(C)C)sc1C(C)C. The second kappa shape index (κ2) is 6.49. The van der Waals surface area contributed by atoms with Crippen molar-refractivity contribution in [2.75, 3.05) is 0 Å². The van der Waals surface area contributed by atoms with Crippen molar-refractivity contribution in [2.45, 2.75) is 59.4 Å². The lowest BCUT2D eigenvalue weighted by atomic mass is 10.0. The van der Waals surface area contributed by atoms with Crippen molar-refractivity contribution < 1.29 is 0 Å². The maximum atomic E-state index is 6.39. The molecule has 0 fully saturated rings. The van der Waals surface area contributed by atoms with Gasteiger partial charge in [0.1, 0.15) is 10.5 Å². The van der Waals surface area contributed by atoms with Crippen LogP contribution in [-0.2, 0) is 0 Å². The number of thiazole rings is 1. The van der Waals surface area contributed by atoms with Gasteiger partial charge in [-0.1, -0.05) is 33.8 Å². The van der Waals surface area contributed by atoms with Crippen LogP contribution in [0.15, 0.2) is 18.2 Å². The summed E-state index contributed by atoms with van der Waals surface area (Å²) in [4.78, 5) is 11.0. The fraction of sp³-hybridized carbons (Fsp3) is 0.474. The van der Waals surface area contributed by atoms with Crippen LogP contribution >= 0.6 is 22.9 Å². The van der Waals surface area contributed by atoms with E-state index in [1.807, 2.05) is 0 Å². The molecule has 0 unspecified atom stereocenters. The third kappa shape index (κ3) is 2.86. The van der Waals surface area contributed by atoms with Gasteiger partial charge in [-0.25, -0.2) is 9.97 Å². The van der Waals surface area contributed by atoms with Gasteiger partial charge in [-0.05, 0) is 49.4 Å². The first-order valence-corrected chi connectivity index (χ1v) is 9.68. The third-order valence-corrected chi connectivity index (χ3v) is 5.85. The van der Waals surface area contributed by atoms with Crippen LogP contribution in [0.3, 0.4) is 0 Å². The zero-order chi connectivity index (χ0) is 17.6. The normalized spacial score (nSPS) is 12.2. The predicted molar refractivity (Wildman–Crippen MR) is 104 cm³/mol. The highest BCUT2D eigenvalue weighted by molar-refractivity contribution is 7.15. The van der Waals surface area contributed by atoms with Crippen LogP contribution in [0.25, 0.3) is 21.6 Å². The number of hydrogen-bond acceptors (Lipinski definition) is 3. The van der Waals surface area contributed by atoms with E-state index in [4.69, 9.17) is 16.6 Å². The molecule has 0 aliphatic rings. The van der Waals surface area contributed by atoms with Crippen molar-refractivity contribution in [2.24, 2.45) is 0 Å². The van der Waals surface area contributed by atoms with Gasteiger partial charge in [0.05, 0.1) is 11.2 Å². The molecule has 0 aliphatic heterocycles. The van der Waals surface area contributed by atoms with Gasteiger partial charge >= 0.3 is 0 Å². The lowest BCUT2D eigenvalue weighted by Gasteiger charge is -2.09. The molecule has 24 heavy (non-hydrogen) atoms. The van der Waals surface area contributed by atoms with Crippen LogP contribution in [-0.4, -0.2) is 14.5 Å². The number of fused-ring (bicyclic) bond motifs is 1. The molecule has 0 bridgehead atoms. The summed E-state index contributed by atoms with van der Waals surface area (Å²) in [5.74, 6) is 0.896. The Morgan fingerprint density at radius 1 is 1.00 bits per heavy atom. The number of aromatic nitrogens is 3. The summed E-state index contributed by atoms with van der Waals surface area (Å²) in [5.41, 5.74) is 4.29. The van der Waals surface area contributed by atoms with Crippen molar-refractivity contribution in [3.63, 3.8) is 0 Å². The highest BCUT2D eigenvalue weighted by Crippen LogP contribution is 2.39. The first kappa shape index (κ1) is 17.4. The van der Waals surface area contributed by atoms with Crippen molar-refractivity contribution in [1.82, 2.24) is 14.5 Å². The fourth-order valence-corrected chi connectivity index (χ4v) is 4.66. The van der Waals surface area contributed by atoms with E-state index < -0.39 is 0 Å². The molecule has 3 nitrogen and oxygen atoms in total. The molecule has 0 radical (unpaired) electrons. The van der Waals surface area contributed by atoms with E-state index in [1.165, 1.54) is 10.6 Å². The van der Waals surface area contributed by atoms with Crippen molar-refractivity contribution in [3.05, 3.63) is 34.1 Å². The van der Waals surface area contributed by atoms with E-state index in [-0.39, 0.29) is 6.04 Å². The van der Waals surface area contributed by atoms with E-state index in [0.29, 0.717) is 17.1 Å². The van der Waals surface area contributed by atoms with Crippen LogP contribution in [0, 0.1) is 0 Å². The van der Waals surface area contributed by atoms with Crippen molar-refractivity contribution >= 4 is 34.0 Å². The number of para-hydroxylation sites is 1. The van der Waals surface area contributed by atoms with Crippen molar-refractivity contribution in [1.29, 1.82) is 0 Å². The minimum atomic E-state index is 0.270. The molecule has 3 aromatic rings. The Balaban J connectivity index is 2.24. The number of benzene rings is 1. The minimum absolute atomic E-state index is 0.270. The zero-order valence-corrected chi connectivity index (χ0v) is 16.7. The highest BCUT2D eigenvalue weighted by Gasteiger charge is 2.21. The Labute approximate surface area is 152 Å². The van der Waals surface area contributed by atoms with Gasteiger partial charge in [0.25, 0.3) is 0 Å². The Morgan fingerprint density at radius 2 is 1.71 bits per heavy atom. The third-order valence-electron chi connectivity index (χ3n) is 4.18. The fourth-order valence-electron chi connectivity index (χ4n) is 3.04. The van der Waals surface area contributed by atoms with E-state index in [0.717, 1.165) is 21.6 Å². The largest absolute Gasteiger partial charge is 0.312 e. The second-order valence-corrected chi connectivity index (χ2v) is 8.46. The standard InChI is InChI=1S/C19H24ClN3S/c1-10(2)15-17(11(3)4)24-18(21-15)13-8-7-9-14-16(13)22-19(20)23(14)12(5)6/h7-12H,1-6H3. The molecule has 2 heterocycles. The van der Waals surface area contributed by atoms with Gasteiger partial charge in [-0.2, -0.15) is 0 Å². The number of hydrogen-bond donors (Lipinski definition) is 0. The Hall–Kier alpha value is -1.39. The summed E-state index contributed by atoms with van der Waals surface area (Å²) in [6.07, 6.45) is 0. The molecule has 0 amide bonds. The van der Waals surface area contributed by atoms with Gasteiger partial charge in [-0.3, -0.25) is 0 Å². The summed E-state index contributed by atoms with van der Waals surface area (Å²) in [6, 6.07) is 6.52. The van der Waals surface area contributed by atoms with Crippen LogP contribution in [0.4, 0.5) is 0 Å². The van der Waals surface area contributed by atoms with Gasteiger partial charge in [0, 0.05) is 16.5 Å². The maximum Gasteiger partial charge on any atom is 0.204 e. The molecule has 128 valence electrons. The molecule has 0 spiro atoms. The van der Waals surface area contributed by atoms with Crippen LogP contribution in [0.2, 0.25) is 5.28 Å². The summed E-state index contributed by atoms with van der Waals surface area (Å²) in [5, 5.41) is 1.58. The van der Waals surface area contributed by atoms with E-state index in [1.54, 1.807) is 11.3 Å². The molecular weight excluding hydrogens is 338 g/mol. The molecule has 3 rings (SSSR count). The molecule has 2 aromatic heterocycles. The number of nitrogens with zero attached hydrogens (tertiary/aromatic N) is 3. The summed E-state index contributed by atoms with van der Waals surface area (Å²) >= 11 is 8.18. The Bertz CT molecular complexity index is 849. The summed E-state index contributed by atoms with van der Waals surface area (Å²) < 4.78 is 2.07.